The first-order valence-corrected chi connectivity index (χ1v) is 4.32. The molecule has 0 spiro atoms. The van der Waals surface area contributed by atoms with Crippen molar-refractivity contribution >= 4 is 34.3 Å². The number of rotatable bonds is 2. The van der Waals surface area contributed by atoms with Crippen LogP contribution in [0.2, 0.25) is 0 Å². The molecule has 0 bridgehead atoms. The summed E-state index contributed by atoms with van der Waals surface area (Å²) >= 11 is 1.40. The van der Waals surface area contributed by atoms with Gasteiger partial charge in [0.2, 0.25) is 0 Å². The summed E-state index contributed by atoms with van der Waals surface area (Å²) in [4.78, 5) is 11.8. The number of ether oxygens (including phenoxy) is 1. The Morgan fingerprint density at radius 2 is 2.25 bits per heavy atom. The van der Waals surface area contributed by atoms with E-state index in [9.17, 15) is 4.79 Å². The van der Waals surface area contributed by atoms with Crippen molar-refractivity contribution in [2.45, 2.75) is 20.0 Å². The largest absolute Gasteiger partial charge is 0.459 e. The number of halogens is 1. The quantitative estimate of drug-likeness (QED) is 0.755. The number of carbonyl (C=O) groups excluding carboxylic acids is 1. The normalized spacial score (nSPS) is 9.25. The number of carbonyl (C=O) groups is 1. The summed E-state index contributed by atoms with van der Waals surface area (Å²) in [6.07, 6.45) is -0.0374. The van der Waals surface area contributed by atoms with Crippen molar-refractivity contribution in [3.63, 3.8) is 0 Å². The van der Waals surface area contributed by atoms with Crippen LogP contribution < -0.4 is 0 Å². The van der Waals surface area contributed by atoms with E-state index in [4.69, 9.17) is 4.74 Å². The van der Waals surface area contributed by atoms with Gasteiger partial charge in [-0.2, -0.15) is 0 Å². The Morgan fingerprint density at radius 1 is 1.58 bits per heavy atom. The third kappa shape index (κ3) is 3.36. The van der Waals surface area contributed by atoms with Crippen LogP contribution in [0.1, 0.15) is 23.5 Å². The van der Waals surface area contributed by atoms with Gasteiger partial charge < -0.3 is 4.74 Å². The molecule has 0 aliphatic carbocycles. The molecular formula is C8H11BrO2S. The van der Waals surface area contributed by atoms with Gasteiger partial charge in [-0.15, -0.1) is 28.3 Å². The van der Waals surface area contributed by atoms with E-state index in [2.05, 4.69) is 0 Å². The smallest absolute Gasteiger partial charge is 0.348 e. The highest BCUT2D eigenvalue weighted by atomic mass is 79.9. The van der Waals surface area contributed by atoms with Gasteiger partial charge in [0.05, 0.1) is 6.10 Å². The Labute approximate surface area is 86.3 Å². The van der Waals surface area contributed by atoms with Crippen LogP contribution in [0.15, 0.2) is 17.5 Å². The molecule has 0 radical (unpaired) electrons. The molecule has 0 aromatic carbocycles. The lowest BCUT2D eigenvalue weighted by atomic mass is 10.4. The number of thiophene rings is 1. The van der Waals surface area contributed by atoms with Gasteiger partial charge in [0.1, 0.15) is 4.88 Å². The molecule has 1 heterocycles. The molecular weight excluding hydrogens is 240 g/mol. The van der Waals surface area contributed by atoms with Crippen LogP contribution in [0.3, 0.4) is 0 Å². The molecule has 0 atom stereocenters. The predicted octanol–water partition coefficient (Wildman–Crippen LogP) is 2.89. The highest BCUT2D eigenvalue weighted by Gasteiger charge is 2.08. The van der Waals surface area contributed by atoms with Gasteiger partial charge in [-0.05, 0) is 25.3 Å². The predicted molar refractivity (Wildman–Crippen MR) is 55.2 cm³/mol. The highest BCUT2D eigenvalue weighted by Crippen LogP contribution is 2.10. The molecule has 0 saturated carbocycles. The molecule has 68 valence electrons. The van der Waals surface area contributed by atoms with Crippen LogP contribution in [0.25, 0.3) is 0 Å². The third-order valence-electron chi connectivity index (χ3n) is 1.07. The fraction of sp³-hybridized carbons (Fsp3) is 0.375. The van der Waals surface area contributed by atoms with E-state index in [0.717, 1.165) is 0 Å². The molecule has 0 aliphatic rings. The second-order valence-corrected chi connectivity index (χ2v) is 3.38. The van der Waals surface area contributed by atoms with Crippen molar-refractivity contribution in [1.29, 1.82) is 0 Å². The van der Waals surface area contributed by atoms with Crippen LogP contribution in [0.4, 0.5) is 0 Å². The molecule has 1 rings (SSSR count). The van der Waals surface area contributed by atoms with Gasteiger partial charge in [0.25, 0.3) is 0 Å². The van der Waals surface area contributed by atoms with Crippen molar-refractivity contribution in [2.24, 2.45) is 0 Å². The molecule has 0 unspecified atom stereocenters. The van der Waals surface area contributed by atoms with Gasteiger partial charge in [-0.1, -0.05) is 6.07 Å². The van der Waals surface area contributed by atoms with Gasteiger partial charge in [0, 0.05) is 0 Å². The van der Waals surface area contributed by atoms with Crippen molar-refractivity contribution in [2.75, 3.05) is 0 Å². The molecule has 1 aromatic rings. The van der Waals surface area contributed by atoms with Crippen LogP contribution in [-0.2, 0) is 4.74 Å². The van der Waals surface area contributed by atoms with E-state index in [0.29, 0.717) is 4.88 Å². The lowest BCUT2D eigenvalue weighted by Gasteiger charge is -2.04. The second-order valence-electron chi connectivity index (χ2n) is 2.43. The van der Waals surface area contributed by atoms with Crippen LogP contribution in [0.5, 0.6) is 0 Å². The molecule has 0 aliphatic heterocycles. The van der Waals surface area contributed by atoms with Gasteiger partial charge in [-0.25, -0.2) is 4.79 Å². The topological polar surface area (TPSA) is 26.3 Å². The van der Waals surface area contributed by atoms with Gasteiger partial charge in [-0.3, -0.25) is 0 Å². The van der Waals surface area contributed by atoms with Crippen molar-refractivity contribution < 1.29 is 9.53 Å². The summed E-state index contributed by atoms with van der Waals surface area (Å²) in [5, 5.41) is 1.86. The zero-order chi connectivity index (χ0) is 8.27. The molecule has 2 nitrogen and oxygen atoms in total. The molecule has 0 N–H and O–H groups in total. The van der Waals surface area contributed by atoms with Crippen molar-refractivity contribution in [1.82, 2.24) is 0 Å². The maximum absolute atomic E-state index is 11.1. The molecule has 0 amide bonds. The number of esters is 1. The van der Waals surface area contributed by atoms with E-state index in [1.165, 1.54) is 11.3 Å². The maximum atomic E-state index is 11.1. The molecule has 0 fully saturated rings. The monoisotopic (exact) mass is 250 g/mol. The zero-order valence-electron chi connectivity index (χ0n) is 6.94. The van der Waals surface area contributed by atoms with E-state index in [-0.39, 0.29) is 29.1 Å². The summed E-state index contributed by atoms with van der Waals surface area (Å²) in [5.74, 6) is -0.227. The minimum Gasteiger partial charge on any atom is -0.459 e. The standard InChI is InChI=1S/C8H10O2S.BrH/c1-6(2)10-8(9)7-4-3-5-11-7;/h3-6H,1-2H3;1H. The lowest BCUT2D eigenvalue weighted by Crippen LogP contribution is -2.09. The maximum Gasteiger partial charge on any atom is 0.348 e. The fourth-order valence-electron chi connectivity index (χ4n) is 0.667. The molecule has 1 aromatic heterocycles. The summed E-state index contributed by atoms with van der Waals surface area (Å²) in [6, 6.07) is 3.59. The summed E-state index contributed by atoms with van der Waals surface area (Å²) in [5.41, 5.74) is 0. The Morgan fingerprint density at radius 3 is 2.67 bits per heavy atom. The number of hydrogen-bond donors (Lipinski definition) is 0. The Hall–Kier alpha value is -0.350. The van der Waals surface area contributed by atoms with Crippen molar-refractivity contribution in [3.05, 3.63) is 22.4 Å². The third-order valence-corrected chi connectivity index (χ3v) is 1.92. The first kappa shape index (κ1) is 11.6. The van der Waals surface area contributed by atoms with Crippen LogP contribution in [-0.4, -0.2) is 12.1 Å². The second kappa shape index (κ2) is 5.32. The van der Waals surface area contributed by atoms with E-state index in [1.54, 1.807) is 6.07 Å². The van der Waals surface area contributed by atoms with Crippen LogP contribution >= 0.6 is 28.3 Å². The molecule has 12 heavy (non-hydrogen) atoms. The molecule has 4 heteroatoms. The Kier molecular flexibility index (Phi) is 5.17. The average Bonchev–Trinajstić information content (AvgIpc) is 2.35. The van der Waals surface area contributed by atoms with Crippen LogP contribution in [0, 0.1) is 0 Å². The van der Waals surface area contributed by atoms with E-state index >= 15 is 0 Å². The minimum absolute atomic E-state index is 0. The van der Waals surface area contributed by atoms with E-state index < -0.39 is 0 Å². The van der Waals surface area contributed by atoms with Crippen molar-refractivity contribution in [3.8, 4) is 0 Å². The SMILES string of the molecule is Br.CC(C)OC(=O)c1cccs1. The number of hydrogen-bond acceptors (Lipinski definition) is 3. The summed E-state index contributed by atoms with van der Waals surface area (Å²) in [6.45, 7) is 3.68. The zero-order valence-corrected chi connectivity index (χ0v) is 9.47. The average molecular weight is 251 g/mol. The van der Waals surface area contributed by atoms with E-state index in [1.807, 2.05) is 25.3 Å². The Bertz CT molecular complexity index is 231. The minimum atomic E-state index is -0.227. The Balaban J connectivity index is 0.00000121. The summed E-state index contributed by atoms with van der Waals surface area (Å²) in [7, 11) is 0. The molecule has 0 saturated heterocycles. The van der Waals surface area contributed by atoms with Gasteiger partial charge in [0.15, 0.2) is 0 Å². The first-order valence-electron chi connectivity index (χ1n) is 3.44. The first-order chi connectivity index (χ1) is 5.20. The van der Waals surface area contributed by atoms with Gasteiger partial charge >= 0.3 is 5.97 Å². The lowest BCUT2D eigenvalue weighted by molar-refractivity contribution is 0.0384. The highest BCUT2D eigenvalue weighted by molar-refractivity contribution is 8.93. The fourth-order valence-corrected chi connectivity index (χ4v) is 1.27. The summed E-state index contributed by atoms with van der Waals surface area (Å²) < 4.78 is 4.97.